The molecule has 25 heavy (non-hydrogen) atoms. The van der Waals surface area contributed by atoms with Crippen molar-refractivity contribution >= 4 is 23.7 Å². The van der Waals surface area contributed by atoms with Crippen LogP contribution in [0.5, 0.6) is 0 Å². The van der Waals surface area contributed by atoms with E-state index in [-0.39, 0.29) is 10.7 Å². The van der Waals surface area contributed by atoms with E-state index in [1.807, 2.05) is 0 Å². The summed E-state index contributed by atoms with van der Waals surface area (Å²) in [4.78, 5) is 21.6. The van der Waals surface area contributed by atoms with Crippen molar-refractivity contribution in [3.05, 3.63) is 11.0 Å². The molecule has 0 unspecified atom stereocenters. The van der Waals surface area contributed by atoms with Crippen LogP contribution >= 0.6 is 11.8 Å². The maximum Gasteiger partial charge on any atom is 0.341 e. The lowest BCUT2D eigenvalue weighted by atomic mass is 10.0. The van der Waals surface area contributed by atoms with E-state index < -0.39 is 11.9 Å². The predicted molar refractivity (Wildman–Crippen MR) is 106 cm³/mol. The van der Waals surface area contributed by atoms with Gasteiger partial charge in [0, 0.05) is 0 Å². The summed E-state index contributed by atoms with van der Waals surface area (Å²) in [5, 5.41) is 17.6. The summed E-state index contributed by atoms with van der Waals surface area (Å²) in [6.45, 7) is 2.25. The van der Waals surface area contributed by atoms with Crippen molar-refractivity contribution in [2.24, 2.45) is 0 Å². The van der Waals surface area contributed by atoms with Crippen molar-refractivity contribution in [2.75, 3.05) is 5.75 Å². The molecular formula is C20H36O4S. The highest BCUT2D eigenvalue weighted by molar-refractivity contribution is 8.04. The molecule has 0 aromatic carbocycles. The van der Waals surface area contributed by atoms with E-state index >= 15 is 0 Å². The summed E-state index contributed by atoms with van der Waals surface area (Å²) >= 11 is 0.885. The molecule has 0 saturated carbocycles. The van der Waals surface area contributed by atoms with Gasteiger partial charge in [-0.2, -0.15) is 0 Å². The first kappa shape index (κ1) is 24.0. The van der Waals surface area contributed by atoms with Crippen LogP contribution in [0.3, 0.4) is 0 Å². The summed E-state index contributed by atoms with van der Waals surface area (Å²) in [5.74, 6) is -2.21. The number of aliphatic carboxylic acids is 2. The van der Waals surface area contributed by atoms with E-state index in [2.05, 4.69) is 6.92 Å². The molecule has 0 spiro atoms. The summed E-state index contributed by atoms with van der Waals surface area (Å²) in [7, 11) is 0. The number of hydrogen-bond donors (Lipinski definition) is 2. The summed E-state index contributed by atoms with van der Waals surface area (Å²) in [6.07, 6.45) is 19.2. The topological polar surface area (TPSA) is 74.6 Å². The Kier molecular flexibility index (Phi) is 17.1. The predicted octanol–water partition coefficient (Wildman–Crippen LogP) is 6.25. The van der Waals surface area contributed by atoms with Crippen LogP contribution in [0.15, 0.2) is 11.0 Å². The second-order valence-corrected chi connectivity index (χ2v) is 7.60. The van der Waals surface area contributed by atoms with Crippen LogP contribution in [0.25, 0.3) is 0 Å². The van der Waals surface area contributed by atoms with Crippen molar-refractivity contribution < 1.29 is 19.8 Å². The highest BCUT2D eigenvalue weighted by atomic mass is 32.2. The minimum atomic E-state index is -1.03. The van der Waals surface area contributed by atoms with Gasteiger partial charge < -0.3 is 10.2 Å². The molecular weight excluding hydrogens is 336 g/mol. The van der Waals surface area contributed by atoms with Gasteiger partial charge in [0.05, 0.1) is 10.7 Å². The van der Waals surface area contributed by atoms with Crippen molar-refractivity contribution in [3.63, 3.8) is 0 Å². The lowest BCUT2D eigenvalue weighted by Crippen LogP contribution is -2.03. The third-order valence-electron chi connectivity index (χ3n) is 4.20. The molecule has 0 aliphatic rings. The lowest BCUT2D eigenvalue weighted by molar-refractivity contribution is -0.134. The number of rotatable bonds is 18. The third kappa shape index (κ3) is 17.6. The molecule has 0 saturated heterocycles. The van der Waals surface area contributed by atoms with E-state index in [4.69, 9.17) is 10.2 Å². The summed E-state index contributed by atoms with van der Waals surface area (Å²) in [6, 6.07) is 0. The van der Waals surface area contributed by atoms with Gasteiger partial charge in [-0.15, -0.1) is 11.8 Å². The molecule has 0 aliphatic carbocycles. The van der Waals surface area contributed by atoms with Crippen LogP contribution in [0.2, 0.25) is 0 Å². The largest absolute Gasteiger partial charge is 0.481 e. The molecule has 0 fully saturated rings. The Bertz CT molecular complexity index is 380. The Hall–Kier alpha value is -0.970. The zero-order chi connectivity index (χ0) is 18.8. The minimum Gasteiger partial charge on any atom is -0.481 e. The van der Waals surface area contributed by atoms with Gasteiger partial charge in [0.15, 0.2) is 0 Å². The van der Waals surface area contributed by atoms with Gasteiger partial charge >= 0.3 is 11.9 Å². The van der Waals surface area contributed by atoms with Gasteiger partial charge in [-0.1, -0.05) is 90.0 Å². The maximum atomic E-state index is 11.0. The number of unbranched alkanes of at least 4 members (excludes halogenated alkanes) is 13. The molecule has 0 aliphatic heterocycles. The summed E-state index contributed by atoms with van der Waals surface area (Å²) < 4.78 is 0. The number of allylic oxidation sites excluding steroid dienone is 1. The van der Waals surface area contributed by atoms with E-state index in [1.165, 1.54) is 70.6 Å². The first-order valence-electron chi connectivity index (χ1n) is 9.86. The van der Waals surface area contributed by atoms with Gasteiger partial charge in [0.25, 0.3) is 0 Å². The molecule has 146 valence electrons. The van der Waals surface area contributed by atoms with Crippen molar-refractivity contribution in [3.8, 4) is 0 Å². The minimum absolute atomic E-state index is 0.154. The van der Waals surface area contributed by atoms with Gasteiger partial charge in [0.1, 0.15) is 0 Å². The Labute approximate surface area is 157 Å². The van der Waals surface area contributed by atoms with Crippen LogP contribution in [0, 0.1) is 0 Å². The van der Waals surface area contributed by atoms with Gasteiger partial charge in [-0.25, -0.2) is 4.79 Å². The fourth-order valence-corrected chi connectivity index (χ4v) is 3.38. The second-order valence-electron chi connectivity index (χ2n) is 6.59. The van der Waals surface area contributed by atoms with Crippen LogP contribution in [0.4, 0.5) is 0 Å². The fourth-order valence-electron chi connectivity index (χ4n) is 2.74. The SMILES string of the molecule is CCCCCCCCCCCCCCCC=C(SCC(=O)O)C(=O)O. The zero-order valence-corrected chi connectivity index (χ0v) is 16.6. The molecule has 4 nitrogen and oxygen atoms in total. The molecule has 0 aromatic rings. The number of carboxylic acids is 2. The molecule has 0 aromatic heterocycles. The van der Waals surface area contributed by atoms with Gasteiger partial charge in [-0.05, 0) is 12.8 Å². The van der Waals surface area contributed by atoms with Crippen LogP contribution in [-0.2, 0) is 9.59 Å². The standard InChI is InChI=1S/C20H36O4S/c1-2-3-4-5-6-7-8-9-10-11-12-13-14-15-16-18(20(23)24)25-17-19(21)22/h16H,2-15,17H2,1H3,(H,21,22)(H,23,24). The van der Waals surface area contributed by atoms with Gasteiger partial charge in [0.2, 0.25) is 0 Å². The zero-order valence-electron chi connectivity index (χ0n) is 15.8. The molecule has 0 amide bonds. The molecule has 5 heteroatoms. The van der Waals surface area contributed by atoms with Crippen LogP contribution in [-0.4, -0.2) is 27.9 Å². The van der Waals surface area contributed by atoms with E-state index in [9.17, 15) is 9.59 Å². The monoisotopic (exact) mass is 372 g/mol. The highest BCUT2D eigenvalue weighted by Gasteiger charge is 2.09. The molecule has 0 atom stereocenters. The maximum absolute atomic E-state index is 11.0. The fraction of sp³-hybridized carbons (Fsp3) is 0.800. The van der Waals surface area contributed by atoms with E-state index in [0.29, 0.717) is 6.42 Å². The summed E-state index contributed by atoms with van der Waals surface area (Å²) in [5.41, 5.74) is 0. The van der Waals surface area contributed by atoms with Crippen molar-refractivity contribution in [2.45, 2.75) is 96.8 Å². The average molecular weight is 373 g/mol. The van der Waals surface area contributed by atoms with Crippen LogP contribution in [0.1, 0.15) is 96.8 Å². The molecule has 0 heterocycles. The highest BCUT2D eigenvalue weighted by Crippen LogP contribution is 2.18. The Morgan fingerprint density at radius 3 is 1.60 bits per heavy atom. The smallest absolute Gasteiger partial charge is 0.341 e. The first-order chi connectivity index (χ1) is 12.1. The quantitative estimate of drug-likeness (QED) is 0.219. The normalized spacial score (nSPS) is 11.6. The average Bonchev–Trinajstić information content (AvgIpc) is 2.57. The van der Waals surface area contributed by atoms with Crippen LogP contribution < -0.4 is 0 Å². The molecule has 2 N–H and O–H groups in total. The van der Waals surface area contributed by atoms with E-state index in [1.54, 1.807) is 6.08 Å². The molecule has 0 radical (unpaired) electrons. The number of carbonyl (C=O) groups is 2. The Morgan fingerprint density at radius 2 is 1.20 bits per heavy atom. The van der Waals surface area contributed by atoms with E-state index in [0.717, 1.165) is 24.6 Å². The third-order valence-corrected chi connectivity index (χ3v) is 5.24. The van der Waals surface area contributed by atoms with Crippen molar-refractivity contribution in [1.82, 2.24) is 0 Å². The lowest BCUT2D eigenvalue weighted by Gasteiger charge is -2.03. The molecule has 0 bridgehead atoms. The second kappa shape index (κ2) is 17.8. The first-order valence-corrected chi connectivity index (χ1v) is 10.8. The van der Waals surface area contributed by atoms with Crippen molar-refractivity contribution in [1.29, 1.82) is 0 Å². The number of hydrogen-bond acceptors (Lipinski definition) is 3. The Morgan fingerprint density at radius 1 is 0.760 bits per heavy atom. The Balaban J connectivity index is 3.45. The number of carboxylic acid groups (broad SMARTS) is 2. The number of thioether (sulfide) groups is 1. The molecule has 0 rings (SSSR count). The van der Waals surface area contributed by atoms with Gasteiger partial charge in [-0.3, -0.25) is 4.79 Å².